The van der Waals surface area contributed by atoms with Crippen molar-refractivity contribution in [1.82, 2.24) is 10.2 Å². The number of alkyl carbamates (subject to hydrolysis) is 1. The average Bonchev–Trinajstić information content (AvgIpc) is 3.16. The predicted octanol–water partition coefficient (Wildman–Crippen LogP) is 3.20. The van der Waals surface area contributed by atoms with Gasteiger partial charge in [0.1, 0.15) is 19.2 Å². The molecule has 9 heteroatoms. The zero-order valence-electron chi connectivity index (χ0n) is 19.5. The Morgan fingerprint density at radius 3 is 2.21 bits per heavy atom. The van der Waals surface area contributed by atoms with E-state index in [9.17, 15) is 19.5 Å². The molecule has 3 rings (SSSR count). The summed E-state index contributed by atoms with van der Waals surface area (Å²) >= 11 is 1.50. The minimum Gasteiger partial charge on any atom is -0.480 e. The number of amides is 2. The number of carboxylic acid groups (broad SMARTS) is 1. The number of fused-ring (bicyclic) bond motifs is 3. The maximum atomic E-state index is 13.1. The van der Waals surface area contributed by atoms with E-state index < -0.39 is 36.7 Å². The van der Waals surface area contributed by atoms with Crippen LogP contribution in [0.25, 0.3) is 11.1 Å². The molecule has 2 amide bonds. The van der Waals surface area contributed by atoms with E-state index in [4.69, 9.17) is 9.47 Å². The van der Waals surface area contributed by atoms with Gasteiger partial charge in [0, 0.05) is 25.3 Å². The first-order chi connectivity index (χ1) is 16.4. The van der Waals surface area contributed by atoms with Gasteiger partial charge in [0.2, 0.25) is 5.91 Å². The fourth-order valence-corrected chi connectivity index (χ4v) is 4.51. The summed E-state index contributed by atoms with van der Waals surface area (Å²) in [6.07, 6.45) is 0.427. The molecule has 0 aromatic heterocycles. The number of hydrogen-bond donors (Lipinski definition) is 2. The maximum Gasteiger partial charge on any atom is 0.407 e. The van der Waals surface area contributed by atoms with Gasteiger partial charge < -0.3 is 24.8 Å². The van der Waals surface area contributed by atoms with Gasteiger partial charge in [-0.2, -0.15) is 11.8 Å². The minimum atomic E-state index is -1.13. The van der Waals surface area contributed by atoms with Crippen LogP contribution in [0, 0.1) is 0 Å². The summed E-state index contributed by atoms with van der Waals surface area (Å²) < 4.78 is 10.9. The number of methoxy groups -OCH3 is 1. The second-order valence-corrected chi connectivity index (χ2v) is 9.02. The molecule has 0 radical (unpaired) electrons. The number of rotatable bonds is 11. The molecule has 2 atom stereocenters. The van der Waals surface area contributed by atoms with E-state index in [1.165, 1.54) is 23.8 Å². The van der Waals surface area contributed by atoms with Gasteiger partial charge in [0.15, 0.2) is 0 Å². The number of nitrogens with one attached hydrogen (secondary N) is 1. The highest BCUT2D eigenvalue weighted by Crippen LogP contribution is 2.44. The lowest BCUT2D eigenvalue weighted by Crippen LogP contribution is -2.55. The van der Waals surface area contributed by atoms with Crippen molar-refractivity contribution in [3.05, 3.63) is 59.7 Å². The number of hydrogen-bond acceptors (Lipinski definition) is 6. The zero-order chi connectivity index (χ0) is 24.7. The highest BCUT2D eigenvalue weighted by molar-refractivity contribution is 7.98. The molecule has 2 N–H and O–H groups in total. The van der Waals surface area contributed by atoms with Crippen molar-refractivity contribution in [2.24, 2.45) is 0 Å². The fourth-order valence-electron chi connectivity index (χ4n) is 4.11. The van der Waals surface area contributed by atoms with Gasteiger partial charge in [-0.25, -0.2) is 4.79 Å². The van der Waals surface area contributed by atoms with E-state index >= 15 is 0 Å². The van der Waals surface area contributed by atoms with E-state index in [2.05, 4.69) is 17.4 Å². The monoisotopic (exact) mass is 486 g/mol. The number of carboxylic acids is 1. The second kappa shape index (κ2) is 11.9. The van der Waals surface area contributed by atoms with Gasteiger partial charge in [-0.1, -0.05) is 48.5 Å². The predicted molar refractivity (Wildman–Crippen MR) is 131 cm³/mol. The molecule has 0 spiro atoms. The van der Waals surface area contributed by atoms with Crippen LogP contribution in [0.1, 0.15) is 24.0 Å². The quantitative estimate of drug-likeness (QED) is 0.502. The number of carbonyl (C=O) groups is 3. The maximum absolute atomic E-state index is 13.1. The number of carbonyl (C=O) groups excluding carboxylic acids is 2. The molecule has 1 aliphatic carbocycles. The fraction of sp³-hybridized carbons (Fsp3) is 0.400. The lowest BCUT2D eigenvalue weighted by atomic mass is 9.98. The summed E-state index contributed by atoms with van der Waals surface area (Å²) in [5, 5.41) is 11.8. The minimum absolute atomic E-state index is 0.105. The van der Waals surface area contributed by atoms with Crippen LogP contribution in [0.2, 0.25) is 0 Å². The smallest absolute Gasteiger partial charge is 0.407 e. The normalized spacial score (nSPS) is 14.0. The zero-order valence-corrected chi connectivity index (χ0v) is 20.3. The third kappa shape index (κ3) is 5.90. The molecule has 1 aliphatic rings. The molecule has 0 saturated heterocycles. The number of nitrogens with zero attached hydrogens (tertiary/aromatic N) is 1. The van der Waals surface area contributed by atoms with Crippen LogP contribution in [0.15, 0.2) is 48.5 Å². The van der Waals surface area contributed by atoms with Crippen molar-refractivity contribution >= 4 is 29.7 Å². The number of aliphatic carboxylic acids is 1. The van der Waals surface area contributed by atoms with Crippen molar-refractivity contribution in [3.8, 4) is 11.1 Å². The number of benzene rings is 2. The molecular weight excluding hydrogens is 456 g/mol. The van der Waals surface area contributed by atoms with E-state index in [1.807, 2.05) is 42.7 Å². The molecule has 0 bridgehead atoms. The largest absolute Gasteiger partial charge is 0.480 e. The van der Waals surface area contributed by atoms with E-state index in [1.54, 1.807) is 6.92 Å². The molecule has 182 valence electrons. The van der Waals surface area contributed by atoms with Crippen molar-refractivity contribution in [1.29, 1.82) is 0 Å². The first-order valence-electron chi connectivity index (χ1n) is 11.0. The average molecular weight is 487 g/mol. The standard InChI is InChI=1S/C25H30N2O6S/c1-16(32-2)23(24(30)27(12-13-34-3)14-22(28)29)26-25(31)33-15-21-19-10-6-4-8-17(19)18-9-5-7-11-20(18)21/h4-11,16,21,23H,12-15H2,1-3H3,(H,26,31)(H,28,29). The van der Waals surface area contributed by atoms with Crippen LogP contribution in [-0.4, -0.2) is 78.9 Å². The summed E-state index contributed by atoms with van der Waals surface area (Å²) in [7, 11) is 1.42. The Labute approximate surface area is 203 Å². The SMILES string of the molecule is COC(C)C(NC(=O)OCC1c2ccccc2-c2ccccc21)C(=O)N(CCSC)CC(=O)O. The lowest BCUT2D eigenvalue weighted by Gasteiger charge is -2.29. The van der Waals surface area contributed by atoms with Crippen LogP contribution >= 0.6 is 11.8 Å². The van der Waals surface area contributed by atoms with Gasteiger partial charge in [0.05, 0.1) is 6.10 Å². The van der Waals surface area contributed by atoms with Crippen molar-refractivity contribution in [2.45, 2.75) is 25.0 Å². The number of thioether (sulfide) groups is 1. The van der Waals surface area contributed by atoms with Crippen molar-refractivity contribution in [3.63, 3.8) is 0 Å². The molecule has 2 aromatic carbocycles. The van der Waals surface area contributed by atoms with Gasteiger partial charge in [-0.3, -0.25) is 9.59 Å². The summed E-state index contributed by atoms with van der Waals surface area (Å²) in [6.45, 7) is 1.53. The van der Waals surface area contributed by atoms with Gasteiger partial charge >= 0.3 is 12.1 Å². The Hall–Kier alpha value is -3.04. The Kier molecular flexibility index (Phi) is 8.95. The Morgan fingerprint density at radius 2 is 1.68 bits per heavy atom. The molecule has 34 heavy (non-hydrogen) atoms. The molecule has 8 nitrogen and oxygen atoms in total. The first-order valence-corrected chi connectivity index (χ1v) is 12.4. The summed E-state index contributed by atoms with van der Waals surface area (Å²) in [6, 6.07) is 14.9. The Bertz CT molecular complexity index is 984. The van der Waals surface area contributed by atoms with Crippen LogP contribution in [0.5, 0.6) is 0 Å². The highest BCUT2D eigenvalue weighted by atomic mass is 32.2. The third-order valence-corrected chi connectivity index (χ3v) is 6.52. The van der Waals surface area contributed by atoms with Crippen LogP contribution in [-0.2, 0) is 19.1 Å². The molecule has 0 saturated carbocycles. The summed E-state index contributed by atoms with van der Waals surface area (Å²) in [5.74, 6) is -1.20. The highest BCUT2D eigenvalue weighted by Gasteiger charge is 2.33. The Balaban J connectivity index is 1.71. The van der Waals surface area contributed by atoms with E-state index in [0.717, 1.165) is 22.3 Å². The van der Waals surface area contributed by atoms with Crippen LogP contribution in [0.3, 0.4) is 0 Å². The molecule has 0 heterocycles. The first kappa shape index (κ1) is 25.6. The molecule has 2 unspecified atom stereocenters. The van der Waals surface area contributed by atoms with Crippen LogP contribution in [0.4, 0.5) is 4.79 Å². The van der Waals surface area contributed by atoms with Gasteiger partial charge in [-0.05, 0) is 35.4 Å². The Morgan fingerprint density at radius 1 is 1.09 bits per heavy atom. The van der Waals surface area contributed by atoms with Gasteiger partial charge in [-0.15, -0.1) is 0 Å². The lowest BCUT2D eigenvalue weighted by molar-refractivity contribution is -0.146. The van der Waals surface area contributed by atoms with Gasteiger partial charge in [0.25, 0.3) is 0 Å². The third-order valence-electron chi connectivity index (χ3n) is 5.93. The number of ether oxygens (including phenoxy) is 2. The second-order valence-electron chi connectivity index (χ2n) is 8.03. The van der Waals surface area contributed by atoms with Crippen molar-refractivity contribution in [2.75, 3.05) is 38.8 Å². The molecule has 2 aromatic rings. The topological polar surface area (TPSA) is 105 Å². The summed E-state index contributed by atoms with van der Waals surface area (Å²) in [5.41, 5.74) is 4.40. The van der Waals surface area contributed by atoms with Crippen LogP contribution < -0.4 is 5.32 Å². The van der Waals surface area contributed by atoms with E-state index in [-0.39, 0.29) is 19.1 Å². The summed E-state index contributed by atoms with van der Waals surface area (Å²) in [4.78, 5) is 38.3. The molecule has 0 aliphatic heterocycles. The van der Waals surface area contributed by atoms with Crippen molar-refractivity contribution < 1.29 is 29.0 Å². The molecular formula is C25H30N2O6S. The molecule has 0 fully saturated rings. The van der Waals surface area contributed by atoms with E-state index in [0.29, 0.717) is 5.75 Å².